The first-order chi connectivity index (χ1) is 5.28. The first kappa shape index (κ1) is 11.8. The Labute approximate surface area is 83.0 Å². The molecule has 1 atom stereocenters. The van der Waals surface area contributed by atoms with E-state index in [1.54, 1.807) is 0 Å². The minimum atomic E-state index is -2.26. The third-order valence-electron chi connectivity index (χ3n) is 1.03. The molecular formula is C5H5Cl3O4. The fourth-order valence-electron chi connectivity index (χ4n) is 0.415. The molecule has 0 aliphatic carbocycles. The van der Waals surface area contributed by atoms with Gasteiger partial charge in [0.25, 0.3) is 0 Å². The first-order valence-corrected chi connectivity index (χ1v) is 3.94. The topological polar surface area (TPSA) is 74.6 Å². The van der Waals surface area contributed by atoms with Gasteiger partial charge in [0.2, 0.25) is 4.33 Å². The fraction of sp³-hybridized carbons (Fsp3) is 0.600. The molecular weight excluding hydrogens is 230 g/mol. The molecule has 0 bridgehead atoms. The van der Waals surface area contributed by atoms with Gasteiger partial charge in [-0.3, -0.25) is 4.79 Å². The molecule has 70 valence electrons. The molecule has 0 aromatic rings. The average Bonchev–Trinajstić information content (AvgIpc) is 1.85. The largest absolute Gasteiger partial charge is 0.481 e. The highest BCUT2D eigenvalue weighted by Crippen LogP contribution is 2.31. The van der Waals surface area contributed by atoms with Crippen LogP contribution in [0.5, 0.6) is 0 Å². The lowest BCUT2D eigenvalue weighted by atomic mass is 10.2. The number of halogens is 3. The van der Waals surface area contributed by atoms with Crippen molar-refractivity contribution in [1.82, 2.24) is 0 Å². The van der Waals surface area contributed by atoms with Gasteiger partial charge in [-0.05, 0) is 0 Å². The summed E-state index contributed by atoms with van der Waals surface area (Å²) in [7, 11) is 0. The minimum absolute atomic E-state index is 0.610. The monoisotopic (exact) mass is 234 g/mol. The third kappa shape index (κ3) is 3.05. The van der Waals surface area contributed by atoms with Gasteiger partial charge >= 0.3 is 11.9 Å². The second kappa shape index (κ2) is 4.16. The smallest absolute Gasteiger partial charge is 0.341 e. The first-order valence-electron chi connectivity index (χ1n) is 2.75. The lowest BCUT2D eigenvalue weighted by Gasteiger charge is -2.18. The van der Waals surface area contributed by atoms with Crippen LogP contribution >= 0.6 is 34.8 Å². The Kier molecular flexibility index (Phi) is 4.10. The third-order valence-corrected chi connectivity index (χ3v) is 2.59. The van der Waals surface area contributed by atoms with Crippen LogP contribution in [0.4, 0.5) is 0 Å². The number of hydrogen-bond acceptors (Lipinski definition) is 2. The zero-order valence-electron chi connectivity index (χ0n) is 5.63. The Hall–Kier alpha value is -0.190. The predicted molar refractivity (Wildman–Crippen MR) is 44.0 cm³/mol. The van der Waals surface area contributed by atoms with Gasteiger partial charge in [0.05, 0.1) is 11.8 Å². The van der Waals surface area contributed by atoms with Crippen LogP contribution in [-0.4, -0.2) is 31.9 Å². The maximum atomic E-state index is 10.3. The van der Waals surface area contributed by atoms with Gasteiger partial charge in [-0.25, -0.2) is 4.79 Å². The van der Waals surface area contributed by atoms with Crippen LogP contribution in [0, 0.1) is 0 Å². The van der Waals surface area contributed by atoms with Crippen molar-refractivity contribution >= 4 is 46.7 Å². The van der Waals surface area contributed by atoms with Crippen LogP contribution in [0.15, 0.2) is 0 Å². The molecule has 2 N–H and O–H groups in total. The van der Waals surface area contributed by atoms with Gasteiger partial charge in [-0.15, -0.1) is 11.6 Å². The summed E-state index contributed by atoms with van der Waals surface area (Å²) in [5.74, 6) is -2.82. The Bertz CT molecular complexity index is 203. The van der Waals surface area contributed by atoms with E-state index in [1.807, 2.05) is 0 Å². The summed E-state index contributed by atoms with van der Waals surface area (Å²) in [4.78, 5) is 20.4. The van der Waals surface area contributed by atoms with Crippen LogP contribution in [0.3, 0.4) is 0 Å². The molecule has 4 nitrogen and oxygen atoms in total. The molecule has 0 aliphatic heterocycles. The number of carboxylic acids is 2. The normalized spacial score (nSPS) is 13.9. The van der Waals surface area contributed by atoms with Gasteiger partial charge in [-0.1, -0.05) is 23.2 Å². The molecule has 7 heteroatoms. The Morgan fingerprint density at radius 2 is 1.75 bits per heavy atom. The second-order valence-electron chi connectivity index (χ2n) is 1.99. The van der Waals surface area contributed by atoms with Crippen LogP contribution in [0.2, 0.25) is 0 Å². The highest BCUT2D eigenvalue weighted by atomic mass is 35.5. The van der Waals surface area contributed by atoms with Gasteiger partial charge in [0, 0.05) is 0 Å². The molecule has 12 heavy (non-hydrogen) atoms. The van der Waals surface area contributed by atoms with Crippen LogP contribution < -0.4 is 0 Å². The standard InChI is InChI=1S/C5H5Cl3O4/c6-2(1-3(9)10)5(7,8)4(11)12/h2H,1H2,(H,9,10)(H,11,12). The van der Waals surface area contributed by atoms with E-state index in [2.05, 4.69) is 0 Å². The highest BCUT2D eigenvalue weighted by Gasteiger charge is 2.42. The van der Waals surface area contributed by atoms with Crippen molar-refractivity contribution in [2.24, 2.45) is 0 Å². The molecule has 0 spiro atoms. The molecule has 1 unspecified atom stereocenters. The lowest BCUT2D eigenvalue weighted by Crippen LogP contribution is -2.37. The van der Waals surface area contributed by atoms with Gasteiger partial charge < -0.3 is 10.2 Å². The van der Waals surface area contributed by atoms with E-state index in [0.29, 0.717) is 0 Å². The summed E-state index contributed by atoms with van der Waals surface area (Å²) >= 11 is 15.8. The van der Waals surface area contributed by atoms with Gasteiger partial charge in [0.15, 0.2) is 0 Å². The van der Waals surface area contributed by atoms with E-state index in [1.165, 1.54) is 0 Å². The van der Waals surface area contributed by atoms with E-state index >= 15 is 0 Å². The summed E-state index contributed by atoms with van der Waals surface area (Å²) in [5.41, 5.74) is 0. The number of hydrogen-bond donors (Lipinski definition) is 2. The molecule has 0 fully saturated rings. The SMILES string of the molecule is O=C(O)CC(Cl)C(Cl)(Cl)C(=O)O. The summed E-state index contributed by atoms with van der Waals surface area (Å²) in [5, 5.41) is 15.3. The average molecular weight is 235 g/mol. The quantitative estimate of drug-likeness (QED) is 0.721. The van der Waals surface area contributed by atoms with Gasteiger partial charge in [0.1, 0.15) is 0 Å². The zero-order valence-corrected chi connectivity index (χ0v) is 7.90. The van der Waals surface area contributed by atoms with Gasteiger partial charge in [-0.2, -0.15) is 0 Å². The van der Waals surface area contributed by atoms with Crippen molar-refractivity contribution in [2.45, 2.75) is 16.1 Å². The molecule has 0 aliphatic rings. The summed E-state index contributed by atoms with van der Waals surface area (Å²) in [6, 6.07) is 0. The molecule has 0 aromatic carbocycles. The maximum Gasteiger partial charge on any atom is 0.341 e. The Morgan fingerprint density at radius 1 is 1.33 bits per heavy atom. The van der Waals surface area contributed by atoms with Crippen LogP contribution in [0.25, 0.3) is 0 Å². The molecule has 0 rings (SSSR count). The number of carbonyl (C=O) groups is 2. The number of carboxylic acid groups (broad SMARTS) is 2. The number of rotatable bonds is 4. The van der Waals surface area contributed by atoms with E-state index in [-0.39, 0.29) is 0 Å². The number of aliphatic carboxylic acids is 2. The van der Waals surface area contributed by atoms with Crippen molar-refractivity contribution in [3.05, 3.63) is 0 Å². The zero-order chi connectivity index (χ0) is 9.94. The summed E-state index contributed by atoms with van der Waals surface area (Å²) in [6.45, 7) is 0. The van der Waals surface area contributed by atoms with Crippen molar-refractivity contribution in [3.8, 4) is 0 Å². The Balaban J connectivity index is 4.35. The maximum absolute atomic E-state index is 10.3. The van der Waals surface area contributed by atoms with Crippen molar-refractivity contribution in [3.63, 3.8) is 0 Å². The van der Waals surface area contributed by atoms with E-state index in [9.17, 15) is 9.59 Å². The molecule has 0 aromatic heterocycles. The summed E-state index contributed by atoms with van der Waals surface area (Å²) in [6.07, 6.45) is -0.610. The molecule has 0 saturated heterocycles. The van der Waals surface area contributed by atoms with Crippen molar-refractivity contribution in [1.29, 1.82) is 0 Å². The van der Waals surface area contributed by atoms with E-state index in [0.717, 1.165) is 0 Å². The van der Waals surface area contributed by atoms with Crippen molar-refractivity contribution < 1.29 is 19.8 Å². The number of alkyl halides is 3. The minimum Gasteiger partial charge on any atom is -0.481 e. The second-order valence-corrected chi connectivity index (χ2v) is 3.91. The van der Waals surface area contributed by atoms with Crippen molar-refractivity contribution in [2.75, 3.05) is 0 Å². The highest BCUT2D eigenvalue weighted by molar-refractivity contribution is 6.60. The van der Waals surface area contributed by atoms with E-state index < -0.39 is 28.1 Å². The van der Waals surface area contributed by atoms with Crippen LogP contribution in [-0.2, 0) is 9.59 Å². The molecule has 0 radical (unpaired) electrons. The van der Waals surface area contributed by atoms with Crippen LogP contribution in [0.1, 0.15) is 6.42 Å². The summed E-state index contributed by atoms with van der Waals surface area (Å²) < 4.78 is -2.26. The molecule has 0 amide bonds. The van der Waals surface area contributed by atoms with E-state index in [4.69, 9.17) is 45.0 Å². The lowest BCUT2D eigenvalue weighted by molar-refractivity contribution is -0.139. The predicted octanol–water partition coefficient (Wildman–Crippen LogP) is 1.33. The Morgan fingerprint density at radius 3 is 2.00 bits per heavy atom. The fourth-order valence-corrected chi connectivity index (χ4v) is 0.795. The molecule has 0 heterocycles. The molecule has 0 saturated carbocycles.